The number of rotatable bonds is 5. The monoisotopic (exact) mass is 468 g/mol. The summed E-state index contributed by atoms with van der Waals surface area (Å²) in [7, 11) is 0. The molecule has 2 aromatic heterocycles. The van der Waals surface area contributed by atoms with E-state index < -0.39 is 0 Å². The topological polar surface area (TPSA) is 84.0 Å². The lowest BCUT2D eigenvalue weighted by Crippen LogP contribution is -2.26. The minimum atomic E-state index is -0.126. The van der Waals surface area contributed by atoms with Gasteiger partial charge in [-0.1, -0.05) is 32.5 Å². The summed E-state index contributed by atoms with van der Waals surface area (Å²) < 4.78 is 0. The van der Waals surface area contributed by atoms with Gasteiger partial charge in [-0.3, -0.25) is 9.59 Å². The molecule has 1 aliphatic carbocycles. The van der Waals surface area contributed by atoms with Crippen LogP contribution in [0.15, 0.2) is 35.6 Å². The van der Waals surface area contributed by atoms with Gasteiger partial charge in [0, 0.05) is 28.6 Å². The van der Waals surface area contributed by atoms with Crippen LogP contribution in [0.2, 0.25) is 0 Å². The Morgan fingerprint density at radius 3 is 2.47 bits per heavy atom. The molecule has 0 spiro atoms. The standard InChI is InChI=1S/C24H28N4O2S2/c1-14(29)27-16-6-8-17(9-7-16)28-20(30)12-31-22-21-18-10-5-15(24(2,3)4)11-19(18)32-23(21)26-13-25-22/h6-9,13,15H,5,10-12H2,1-4H3,(H,27,29)(H,28,30). The number of benzene rings is 1. The Morgan fingerprint density at radius 2 is 1.81 bits per heavy atom. The zero-order valence-electron chi connectivity index (χ0n) is 18.8. The van der Waals surface area contributed by atoms with Crippen molar-refractivity contribution in [2.24, 2.45) is 11.3 Å². The number of aromatic nitrogens is 2. The number of hydrogen-bond donors (Lipinski definition) is 2. The van der Waals surface area contributed by atoms with E-state index in [9.17, 15) is 9.59 Å². The summed E-state index contributed by atoms with van der Waals surface area (Å²) >= 11 is 3.24. The van der Waals surface area contributed by atoms with Gasteiger partial charge in [0.1, 0.15) is 16.2 Å². The van der Waals surface area contributed by atoms with Gasteiger partial charge >= 0.3 is 0 Å². The molecule has 8 heteroatoms. The predicted molar refractivity (Wildman–Crippen MR) is 132 cm³/mol. The Kier molecular flexibility index (Phi) is 6.53. The molecule has 0 saturated heterocycles. The van der Waals surface area contributed by atoms with E-state index in [0.717, 1.165) is 28.1 Å². The van der Waals surface area contributed by atoms with Crippen molar-refractivity contribution in [1.82, 2.24) is 9.97 Å². The molecule has 168 valence electrons. The van der Waals surface area contributed by atoms with Crippen LogP contribution < -0.4 is 10.6 Å². The molecule has 0 radical (unpaired) electrons. The van der Waals surface area contributed by atoms with E-state index in [4.69, 9.17) is 0 Å². The molecule has 32 heavy (non-hydrogen) atoms. The first-order valence-electron chi connectivity index (χ1n) is 10.8. The van der Waals surface area contributed by atoms with Gasteiger partial charge in [0.15, 0.2) is 0 Å². The molecular formula is C24H28N4O2S2. The Bertz CT molecular complexity index is 1150. The smallest absolute Gasteiger partial charge is 0.234 e. The van der Waals surface area contributed by atoms with Crippen molar-refractivity contribution in [3.63, 3.8) is 0 Å². The molecule has 1 unspecified atom stereocenters. The van der Waals surface area contributed by atoms with Gasteiger partial charge in [0.05, 0.1) is 5.75 Å². The van der Waals surface area contributed by atoms with Crippen molar-refractivity contribution in [2.75, 3.05) is 16.4 Å². The highest BCUT2D eigenvalue weighted by Crippen LogP contribution is 2.44. The Hall–Kier alpha value is -2.45. The van der Waals surface area contributed by atoms with Crippen molar-refractivity contribution >= 4 is 56.5 Å². The van der Waals surface area contributed by atoms with E-state index in [1.165, 1.54) is 35.5 Å². The molecule has 1 aliphatic rings. The maximum atomic E-state index is 12.5. The Morgan fingerprint density at radius 1 is 1.12 bits per heavy atom. The number of nitrogens with one attached hydrogen (secondary N) is 2. The highest BCUT2D eigenvalue weighted by atomic mass is 32.2. The number of nitrogens with zero attached hydrogens (tertiary/aromatic N) is 2. The third-order valence-electron chi connectivity index (χ3n) is 5.86. The lowest BCUT2D eigenvalue weighted by atomic mass is 9.72. The van der Waals surface area contributed by atoms with Crippen LogP contribution in [0.4, 0.5) is 11.4 Å². The number of carbonyl (C=O) groups is 2. The molecule has 0 bridgehead atoms. The van der Waals surface area contributed by atoms with Crippen molar-refractivity contribution in [2.45, 2.75) is 52.0 Å². The summed E-state index contributed by atoms with van der Waals surface area (Å²) in [6.07, 6.45) is 4.92. The number of carbonyl (C=O) groups excluding carboxylic acids is 2. The van der Waals surface area contributed by atoms with Crippen LogP contribution >= 0.6 is 23.1 Å². The van der Waals surface area contributed by atoms with Gasteiger partial charge in [0.25, 0.3) is 0 Å². The maximum Gasteiger partial charge on any atom is 0.234 e. The summed E-state index contributed by atoms with van der Waals surface area (Å²) in [6.45, 7) is 8.43. The Balaban J connectivity index is 1.44. The molecule has 3 aromatic rings. The van der Waals surface area contributed by atoms with Gasteiger partial charge < -0.3 is 10.6 Å². The quantitative estimate of drug-likeness (QED) is 0.380. The first kappa shape index (κ1) is 22.7. The van der Waals surface area contributed by atoms with Gasteiger partial charge in [-0.05, 0) is 60.4 Å². The molecule has 1 aromatic carbocycles. The second kappa shape index (κ2) is 9.19. The van der Waals surface area contributed by atoms with E-state index >= 15 is 0 Å². The van der Waals surface area contributed by atoms with Crippen LogP contribution in [0.3, 0.4) is 0 Å². The van der Waals surface area contributed by atoms with Crippen LogP contribution in [-0.4, -0.2) is 27.5 Å². The molecule has 0 fully saturated rings. The molecular weight excluding hydrogens is 440 g/mol. The van der Waals surface area contributed by atoms with Gasteiger partial charge in [0.2, 0.25) is 11.8 Å². The normalized spacial score (nSPS) is 15.9. The Labute approximate surface area is 196 Å². The predicted octanol–water partition coefficient (Wildman–Crippen LogP) is 5.53. The molecule has 2 heterocycles. The highest BCUT2D eigenvalue weighted by Gasteiger charge is 2.31. The third-order valence-corrected chi connectivity index (χ3v) is 8.02. The maximum absolute atomic E-state index is 12.5. The molecule has 6 nitrogen and oxygen atoms in total. The summed E-state index contributed by atoms with van der Waals surface area (Å²) in [4.78, 5) is 35.1. The fraction of sp³-hybridized carbons (Fsp3) is 0.417. The molecule has 1 atom stereocenters. The number of amides is 2. The van der Waals surface area contributed by atoms with E-state index in [-0.39, 0.29) is 17.6 Å². The van der Waals surface area contributed by atoms with Crippen LogP contribution in [0.1, 0.15) is 44.6 Å². The average Bonchev–Trinajstić information content (AvgIpc) is 3.11. The van der Waals surface area contributed by atoms with Gasteiger partial charge in [-0.15, -0.1) is 11.3 Å². The van der Waals surface area contributed by atoms with E-state index in [2.05, 4.69) is 41.4 Å². The van der Waals surface area contributed by atoms with Crippen molar-refractivity contribution in [3.8, 4) is 0 Å². The van der Waals surface area contributed by atoms with Crippen LogP contribution in [-0.2, 0) is 22.4 Å². The first-order chi connectivity index (χ1) is 15.2. The number of anilines is 2. The zero-order chi connectivity index (χ0) is 22.9. The van der Waals surface area contributed by atoms with Crippen LogP contribution in [0.5, 0.6) is 0 Å². The lowest BCUT2D eigenvalue weighted by molar-refractivity contribution is -0.114. The lowest BCUT2D eigenvalue weighted by Gasteiger charge is -2.33. The minimum Gasteiger partial charge on any atom is -0.326 e. The van der Waals surface area contributed by atoms with E-state index in [0.29, 0.717) is 22.7 Å². The van der Waals surface area contributed by atoms with Gasteiger partial charge in [-0.25, -0.2) is 9.97 Å². The average molecular weight is 469 g/mol. The third kappa shape index (κ3) is 5.13. The summed E-state index contributed by atoms with van der Waals surface area (Å²) in [6, 6.07) is 7.08. The molecule has 0 aliphatic heterocycles. The number of fused-ring (bicyclic) bond motifs is 3. The number of aryl methyl sites for hydroxylation is 1. The second-order valence-corrected chi connectivity index (χ2v) is 11.3. The summed E-state index contributed by atoms with van der Waals surface area (Å²) in [5.74, 6) is 0.731. The fourth-order valence-electron chi connectivity index (χ4n) is 4.10. The molecule has 0 saturated carbocycles. The highest BCUT2D eigenvalue weighted by molar-refractivity contribution is 8.00. The molecule has 2 amide bonds. The largest absolute Gasteiger partial charge is 0.326 e. The number of thiophene rings is 1. The van der Waals surface area contributed by atoms with E-state index in [1.54, 1.807) is 41.9 Å². The fourth-order valence-corrected chi connectivity index (χ4v) is 6.26. The van der Waals surface area contributed by atoms with Crippen LogP contribution in [0, 0.1) is 11.3 Å². The van der Waals surface area contributed by atoms with Crippen molar-refractivity contribution in [3.05, 3.63) is 41.0 Å². The van der Waals surface area contributed by atoms with Crippen LogP contribution in [0.25, 0.3) is 10.2 Å². The molecule has 4 rings (SSSR count). The van der Waals surface area contributed by atoms with Gasteiger partial charge in [-0.2, -0.15) is 0 Å². The minimum absolute atomic E-state index is 0.0917. The zero-order valence-corrected chi connectivity index (χ0v) is 20.5. The number of hydrogen-bond acceptors (Lipinski definition) is 6. The van der Waals surface area contributed by atoms with E-state index in [1.807, 2.05) is 0 Å². The number of thioether (sulfide) groups is 1. The SMILES string of the molecule is CC(=O)Nc1ccc(NC(=O)CSc2ncnc3sc4c(c23)CCC(C(C)(C)C)C4)cc1. The summed E-state index contributed by atoms with van der Waals surface area (Å²) in [5.41, 5.74) is 3.07. The molecule has 2 N–H and O–H groups in total. The second-order valence-electron chi connectivity index (χ2n) is 9.26. The van der Waals surface area contributed by atoms with Crippen molar-refractivity contribution in [1.29, 1.82) is 0 Å². The first-order valence-corrected chi connectivity index (χ1v) is 12.6. The van der Waals surface area contributed by atoms with Crippen molar-refractivity contribution < 1.29 is 9.59 Å². The summed E-state index contributed by atoms with van der Waals surface area (Å²) in [5, 5.41) is 7.64.